The van der Waals surface area contributed by atoms with Crippen LogP contribution in [0, 0.1) is 13.8 Å². The molecule has 0 aliphatic carbocycles. The van der Waals surface area contributed by atoms with Crippen molar-refractivity contribution >= 4 is 17.6 Å². The highest BCUT2D eigenvalue weighted by Crippen LogP contribution is 2.30. The summed E-state index contributed by atoms with van der Waals surface area (Å²) in [6.45, 7) is 5.44. The van der Waals surface area contributed by atoms with Crippen molar-refractivity contribution in [3.63, 3.8) is 0 Å². The van der Waals surface area contributed by atoms with E-state index in [4.69, 9.17) is 14.2 Å². The number of carbonyl (C=O) groups is 2. The molecule has 0 unspecified atom stereocenters. The Balaban J connectivity index is 2.28. The molecule has 0 saturated heterocycles. The van der Waals surface area contributed by atoms with Crippen molar-refractivity contribution in [3.05, 3.63) is 40.7 Å². The summed E-state index contributed by atoms with van der Waals surface area (Å²) >= 11 is 0. The lowest BCUT2D eigenvalue weighted by molar-refractivity contribution is 0.0519. The van der Waals surface area contributed by atoms with Gasteiger partial charge in [-0.3, -0.25) is 4.79 Å². The van der Waals surface area contributed by atoms with Crippen LogP contribution >= 0.6 is 0 Å². The minimum absolute atomic E-state index is 0.267. The van der Waals surface area contributed by atoms with Crippen molar-refractivity contribution in [2.45, 2.75) is 20.8 Å². The van der Waals surface area contributed by atoms with Crippen molar-refractivity contribution in [2.24, 2.45) is 0 Å². The highest BCUT2D eigenvalue weighted by Gasteiger charge is 2.23. The summed E-state index contributed by atoms with van der Waals surface area (Å²) in [5, 5.41) is 2.80. The van der Waals surface area contributed by atoms with Gasteiger partial charge in [0, 0.05) is 17.4 Å². The van der Waals surface area contributed by atoms with E-state index in [2.05, 4.69) is 10.3 Å². The van der Waals surface area contributed by atoms with Crippen molar-refractivity contribution in [3.8, 4) is 11.5 Å². The Morgan fingerprint density at radius 3 is 2.40 bits per heavy atom. The number of anilines is 1. The summed E-state index contributed by atoms with van der Waals surface area (Å²) in [7, 11) is 3.06. The molecule has 0 spiro atoms. The zero-order valence-electron chi connectivity index (χ0n) is 15.0. The van der Waals surface area contributed by atoms with Crippen LogP contribution in [0.25, 0.3) is 0 Å². The van der Waals surface area contributed by atoms with Crippen molar-refractivity contribution in [1.29, 1.82) is 0 Å². The average molecular weight is 346 g/mol. The maximum atomic E-state index is 12.6. The lowest BCUT2D eigenvalue weighted by Crippen LogP contribution is -2.14. The summed E-state index contributed by atoms with van der Waals surface area (Å²) in [6, 6.07) is 5.08. The lowest BCUT2D eigenvalue weighted by Gasteiger charge is -2.11. The molecule has 2 rings (SSSR count). The summed E-state index contributed by atoms with van der Waals surface area (Å²) in [5.74, 6) is 0.274. The first-order valence-electron chi connectivity index (χ1n) is 7.82. The topological polar surface area (TPSA) is 89.7 Å². The zero-order valence-corrected chi connectivity index (χ0v) is 15.0. The van der Waals surface area contributed by atoms with E-state index in [1.807, 2.05) is 0 Å². The van der Waals surface area contributed by atoms with E-state index in [-0.39, 0.29) is 18.2 Å². The van der Waals surface area contributed by atoms with Crippen LogP contribution in [0.3, 0.4) is 0 Å². The van der Waals surface area contributed by atoms with E-state index in [0.717, 1.165) is 0 Å². The highest BCUT2D eigenvalue weighted by atomic mass is 16.5. The fourth-order valence-corrected chi connectivity index (χ4v) is 2.61. The molecule has 0 aliphatic heterocycles. The highest BCUT2D eigenvalue weighted by molar-refractivity contribution is 6.08. The Labute approximate surface area is 146 Å². The Morgan fingerprint density at radius 1 is 1.12 bits per heavy atom. The van der Waals surface area contributed by atoms with Crippen LogP contribution in [0.5, 0.6) is 11.5 Å². The van der Waals surface area contributed by atoms with Gasteiger partial charge in [-0.05, 0) is 38.5 Å². The summed E-state index contributed by atoms with van der Waals surface area (Å²) in [6.07, 6.45) is 0. The summed E-state index contributed by atoms with van der Waals surface area (Å²) in [4.78, 5) is 27.5. The van der Waals surface area contributed by atoms with Crippen LogP contribution in [-0.2, 0) is 4.74 Å². The van der Waals surface area contributed by atoms with Gasteiger partial charge in [-0.1, -0.05) is 0 Å². The number of hydrogen-bond donors (Lipinski definition) is 2. The SMILES string of the molecule is CCOC(=O)c1[nH]c(C)c(C(=O)Nc2ccc(OC)c(OC)c2)c1C. The third kappa shape index (κ3) is 3.76. The van der Waals surface area contributed by atoms with Crippen LogP contribution in [0.2, 0.25) is 0 Å². The molecule has 1 aromatic carbocycles. The van der Waals surface area contributed by atoms with Gasteiger partial charge in [0.1, 0.15) is 5.69 Å². The van der Waals surface area contributed by atoms with Crippen LogP contribution in [0.15, 0.2) is 18.2 Å². The molecule has 25 heavy (non-hydrogen) atoms. The molecule has 1 aromatic heterocycles. The standard InChI is InChI=1S/C18H22N2O5/c1-6-25-18(22)16-10(2)15(11(3)19-16)17(21)20-12-7-8-13(23-4)14(9-12)24-5/h7-9,19H,6H2,1-5H3,(H,20,21). The number of rotatable bonds is 6. The molecule has 0 atom stereocenters. The molecule has 1 heterocycles. The fourth-order valence-electron chi connectivity index (χ4n) is 2.61. The molecule has 0 fully saturated rings. The van der Waals surface area contributed by atoms with Gasteiger partial charge in [0.15, 0.2) is 11.5 Å². The number of methoxy groups -OCH3 is 2. The minimum atomic E-state index is -0.478. The fraction of sp³-hybridized carbons (Fsp3) is 0.333. The molecule has 1 amide bonds. The zero-order chi connectivity index (χ0) is 18.6. The van der Waals surface area contributed by atoms with Gasteiger partial charge >= 0.3 is 5.97 Å². The number of aryl methyl sites for hydroxylation is 1. The Kier molecular flexibility index (Phi) is 5.69. The van der Waals surface area contributed by atoms with Crippen LogP contribution < -0.4 is 14.8 Å². The van der Waals surface area contributed by atoms with Gasteiger partial charge in [0.2, 0.25) is 0 Å². The number of amides is 1. The number of esters is 1. The van der Waals surface area contributed by atoms with Crippen molar-refractivity contribution in [2.75, 3.05) is 26.1 Å². The molecule has 2 N–H and O–H groups in total. The first kappa shape index (κ1) is 18.4. The molecule has 7 heteroatoms. The second-order valence-corrected chi connectivity index (χ2v) is 5.37. The second kappa shape index (κ2) is 7.74. The number of aromatic amines is 1. The van der Waals surface area contributed by atoms with Gasteiger partial charge in [0.05, 0.1) is 26.4 Å². The Hall–Kier alpha value is -2.96. The molecule has 0 bridgehead atoms. The first-order valence-corrected chi connectivity index (χ1v) is 7.82. The number of ether oxygens (including phenoxy) is 3. The molecular formula is C18H22N2O5. The summed E-state index contributed by atoms with van der Waals surface area (Å²) < 4.78 is 15.4. The molecule has 0 aliphatic rings. The van der Waals surface area contributed by atoms with E-state index in [0.29, 0.717) is 34.0 Å². The maximum Gasteiger partial charge on any atom is 0.355 e. The minimum Gasteiger partial charge on any atom is -0.493 e. The van der Waals surface area contributed by atoms with Crippen LogP contribution in [0.1, 0.15) is 39.0 Å². The monoisotopic (exact) mass is 346 g/mol. The molecule has 7 nitrogen and oxygen atoms in total. The second-order valence-electron chi connectivity index (χ2n) is 5.37. The third-order valence-corrected chi connectivity index (χ3v) is 3.79. The Bertz CT molecular complexity index is 795. The van der Waals surface area contributed by atoms with Crippen molar-refractivity contribution in [1.82, 2.24) is 4.98 Å². The predicted molar refractivity (Wildman–Crippen MR) is 93.7 cm³/mol. The normalized spacial score (nSPS) is 10.3. The molecule has 134 valence electrons. The van der Waals surface area contributed by atoms with Crippen LogP contribution in [0.4, 0.5) is 5.69 Å². The summed E-state index contributed by atoms with van der Waals surface area (Å²) in [5.41, 5.74) is 2.41. The van der Waals surface area contributed by atoms with Gasteiger partial charge in [0.25, 0.3) is 5.91 Å². The number of hydrogen-bond acceptors (Lipinski definition) is 5. The van der Waals surface area contributed by atoms with Gasteiger partial charge < -0.3 is 24.5 Å². The number of carbonyl (C=O) groups excluding carboxylic acids is 2. The number of nitrogens with one attached hydrogen (secondary N) is 2. The van der Waals surface area contributed by atoms with Gasteiger partial charge in [-0.2, -0.15) is 0 Å². The third-order valence-electron chi connectivity index (χ3n) is 3.79. The largest absolute Gasteiger partial charge is 0.493 e. The maximum absolute atomic E-state index is 12.6. The number of H-pyrrole nitrogens is 1. The van der Waals surface area contributed by atoms with Crippen molar-refractivity contribution < 1.29 is 23.8 Å². The molecule has 0 saturated carbocycles. The molecular weight excluding hydrogens is 324 g/mol. The van der Waals surface area contributed by atoms with E-state index in [9.17, 15) is 9.59 Å². The lowest BCUT2D eigenvalue weighted by atomic mass is 10.1. The molecule has 0 radical (unpaired) electrons. The number of aromatic nitrogens is 1. The predicted octanol–water partition coefficient (Wildman–Crippen LogP) is 3.08. The van der Waals surface area contributed by atoms with E-state index >= 15 is 0 Å². The first-order chi connectivity index (χ1) is 11.9. The number of benzene rings is 1. The van der Waals surface area contributed by atoms with Gasteiger partial charge in [-0.15, -0.1) is 0 Å². The Morgan fingerprint density at radius 2 is 1.80 bits per heavy atom. The quantitative estimate of drug-likeness (QED) is 0.785. The average Bonchev–Trinajstić information content (AvgIpc) is 2.89. The van der Waals surface area contributed by atoms with E-state index in [1.165, 1.54) is 7.11 Å². The molecule has 2 aromatic rings. The van der Waals surface area contributed by atoms with E-state index in [1.54, 1.807) is 46.1 Å². The smallest absolute Gasteiger partial charge is 0.355 e. The van der Waals surface area contributed by atoms with E-state index < -0.39 is 5.97 Å². The van der Waals surface area contributed by atoms with Crippen LogP contribution in [-0.4, -0.2) is 37.7 Å². The van der Waals surface area contributed by atoms with Gasteiger partial charge in [-0.25, -0.2) is 4.79 Å².